The van der Waals surface area contributed by atoms with Gasteiger partial charge in [-0.05, 0) is 49.7 Å². The molecule has 0 aromatic heterocycles. The zero-order valence-electron chi connectivity index (χ0n) is 12.0. The second-order valence-electron chi connectivity index (χ2n) is 4.91. The smallest absolute Gasteiger partial charge is 0.241 e. The number of halogens is 1. The minimum atomic E-state index is -0.286. The lowest BCUT2D eigenvalue weighted by Gasteiger charge is -2.14. The molecule has 110 valence electrons. The highest BCUT2D eigenvalue weighted by molar-refractivity contribution is 5.94. The van der Waals surface area contributed by atoms with Gasteiger partial charge >= 0.3 is 0 Å². The largest absolute Gasteiger partial charge is 0.325 e. The molecule has 2 N–H and O–H groups in total. The predicted octanol–water partition coefficient (Wildman–Crippen LogP) is 2.99. The fourth-order valence-corrected chi connectivity index (χ4v) is 1.95. The van der Waals surface area contributed by atoms with E-state index in [0.29, 0.717) is 6.54 Å². The first-order valence-electron chi connectivity index (χ1n) is 6.99. The van der Waals surface area contributed by atoms with Crippen molar-refractivity contribution in [3.05, 3.63) is 66.0 Å². The van der Waals surface area contributed by atoms with Crippen LogP contribution in [0.1, 0.15) is 12.5 Å². The zero-order chi connectivity index (χ0) is 15.1. The number of hydrogen-bond donors (Lipinski definition) is 2. The molecule has 0 radical (unpaired) electrons. The molecule has 3 nitrogen and oxygen atoms in total. The van der Waals surface area contributed by atoms with E-state index >= 15 is 0 Å². The van der Waals surface area contributed by atoms with E-state index in [-0.39, 0.29) is 17.8 Å². The van der Waals surface area contributed by atoms with Gasteiger partial charge in [-0.25, -0.2) is 4.39 Å². The van der Waals surface area contributed by atoms with Crippen molar-refractivity contribution < 1.29 is 9.18 Å². The summed E-state index contributed by atoms with van der Waals surface area (Å²) >= 11 is 0. The Kier molecular flexibility index (Phi) is 5.46. The van der Waals surface area contributed by atoms with Crippen molar-refractivity contribution in [3.8, 4) is 0 Å². The van der Waals surface area contributed by atoms with Crippen LogP contribution in [0.15, 0.2) is 54.6 Å². The molecule has 0 saturated carbocycles. The van der Waals surface area contributed by atoms with Crippen LogP contribution in [-0.2, 0) is 11.2 Å². The molecule has 2 rings (SSSR count). The van der Waals surface area contributed by atoms with Crippen molar-refractivity contribution in [2.24, 2.45) is 0 Å². The predicted molar refractivity (Wildman–Crippen MR) is 82.6 cm³/mol. The molecule has 1 atom stereocenters. The Morgan fingerprint density at radius 2 is 1.76 bits per heavy atom. The first-order valence-corrected chi connectivity index (χ1v) is 6.99. The van der Waals surface area contributed by atoms with E-state index in [9.17, 15) is 9.18 Å². The maximum atomic E-state index is 12.8. The van der Waals surface area contributed by atoms with E-state index in [1.807, 2.05) is 37.3 Å². The highest BCUT2D eigenvalue weighted by atomic mass is 19.1. The molecule has 0 heterocycles. The van der Waals surface area contributed by atoms with E-state index < -0.39 is 0 Å². The minimum Gasteiger partial charge on any atom is -0.325 e. The van der Waals surface area contributed by atoms with Crippen LogP contribution in [0.4, 0.5) is 10.1 Å². The number of amides is 1. The Balaban J connectivity index is 1.75. The quantitative estimate of drug-likeness (QED) is 0.857. The van der Waals surface area contributed by atoms with Crippen molar-refractivity contribution in [1.82, 2.24) is 5.32 Å². The third-order valence-corrected chi connectivity index (χ3v) is 3.21. The zero-order valence-corrected chi connectivity index (χ0v) is 12.0. The molecule has 21 heavy (non-hydrogen) atoms. The van der Waals surface area contributed by atoms with Crippen LogP contribution in [0.5, 0.6) is 0 Å². The van der Waals surface area contributed by atoms with Gasteiger partial charge in [0.1, 0.15) is 5.82 Å². The lowest BCUT2D eigenvalue weighted by atomic mass is 10.1. The Morgan fingerprint density at radius 3 is 2.43 bits per heavy atom. The fraction of sp³-hybridized carbons (Fsp3) is 0.235. The van der Waals surface area contributed by atoms with Crippen LogP contribution in [0.3, 0.4) is 0 Å². The molecule has 0 aliphatic carbocycles. The Bertz CT molecular complexity index is 569. The molecule has 0 saturated heterocycles. The van der Waals surface area contributed by atoms with E-state index in [2.05, 4.69) is 10.6 Å². The number of carbonyl (C=O) groups is 1. The average molecular weight is 286 g/mol. The molecule has 4 heteroatoms. The molecule has 1 unspecified atom stereocenters. The van der Waals surface area contributed by atoms with Gasteiger partial charge in [0, 0.05) is 5.69 Å². The van der Waals surface area contributed by atoms with Gasteiger partial charge in [0.25, 0.3) is 0 Å². The summed E-state index contributed by atoms with van der Waals surface area (Å²) in [6.07, 6.45) is 0.753. The molecule has 1 amide bonds. The van der Waals surface area contributed by atoms with Gasteiger partial charge in [-0.1, -0.05) is 30.3 Å². The van der Waals surface area contributed by atoms with Gasteiger partial charge in [0.05, 0.1) is 6.04 Å². The average Bonchev–Trinajstić information content (AvgIpc) is 2.50. The summed E-state index contributed by atoms with van der Waals surface area (Å²) < 4.78 is 12.8. The van der Waals surface area contributed by atoms with E-state index in [1.165, 1.54) is 12.1 Å². The number of nitrogens with one attached hydrogen (secondary N) is 2. The number of benzene rings is 2. The number of rotatable bonds is 6. The molecule has 0 spiro atoms. The summed E-state index contributed by atoms with van der Waals surface area (Å²) in [5.74, 6) is -0.303. The van der Waals surface area contributed by atoms with Crippen LogP contribution >= 0.6 is 0 Å². The third kappa shape index (κ3) is 5.00. The molecular weight excluding hydrogens is 267 g/mol. The van der Waals surface area contributed by atoms with Crippen molar-refractivity contribution in [2.75, 3.05) is 11.9 Å². The van der Waals surface area contributed by atoms with Crippen LogP contribution < -0.4 is 10.6 Å². The number of anilines is 1. The standard InChI is InChI=1S/C17H19FN2O/c1-13(17(21)20-16-5-3-2-4-6-16)19-12-11-14-7-9-15(18)10-8-14/h2-10,13,19H,11-12H2,1H3,(H,20,21). The first kappa shape index (κ1) is 15.2. The fourth-order valence-electron chi connectivity index (χ4n) is 1.95. The Morgan fingerprint density at radius 1 is 1.10 bits per heavy atom. The van der Waals surface area contributed by atoms with Crippen LogP contribution in [0.25, 0.3) is 0 Å². The summed E-state index contributed by atoms with van der Waals surface area (Å²) in [4.78, 5) is 12.0. The highest BCUT2D eigenvalue weighted by Gasteiger charge is 2.11. The number of carbonyl (C=O) groups excluding carboxylic acids is 1. The molecular formula is C17H19FN2O. The summed E-state index contributed by atoms with van der Waals surface area (Å²) in [7, 11) is 0. The third-order valence-electron chi connectivity index (χ3n) is 3.21. The molecule has 0 fully saturated rings. The molecule has 0 aliphatic rings. The maximum Gasteiger partial charge on any atom is 0.241 e. The van der Waals surface area contributed by atoms with Gasteiger partial charge in [0.15, 0.2) is 0 Å². The highest BCUT2D eigenvalue weighted by Crippen LogP contribution is 2.06. The van der Waals surface area contributed by atoms with Crippen LogP contribution in [0.2, 0.25) is 0 Å². The lowest BCUT2D eigenvalue weighted by molar-refractivity contribution is -0.117. The topological polar surface area (TPSA) is 41.1 Å². The summed E-state index contributed by atoms with van der Waals surface area (Å²) in [5.41, 5.74) is 1.83. The molecule has 0 aliphatic heterocycles. The maximum absolute atomic E-state index is 12.8. The normalized spacial score (nSPS) is 11.9. The minimum absolute atomic E-state index is 0.0692. The van der Waals surface area contributed by atoms with Gasteiger partial charge < -0.3 is 10.6 Å². The lowest BCUT2D eigenvalue weighted by Crippen LogP contribution is -2.39. The van der Waals surface area contributed by atoms with Gasteiger partial charge in [0.2, 0.25) is 5.91 Å². The van der Waals surface area contributed by atoms with E-state index in [1.54, 1.807) is 12.1 Å². The number of para-hydroxylation sites is 1. The van der Waals surface area contributed by atoms with Crippen LogP contribution in [0, 0.1) is 5.82 Å². The molecule has 0 bridgehead atoms. The Labute approximate surface area is 124 Å². The second-order valence-corrected chi connectivity index (χ2v) is 4.91. The van der Waals surface area contributed by atoms with Crippen molar-refractivity contribution in [2.45, 2.75) is 19.4 Å². The van der Waals surface area contributed by atoms with Crippen molar-refractivity contribution in [1.29, 1.82) is 0 Å². The summed E-state index contributed by atoms with van der Waals surface area (Å²) in [5, 5.41) is 6.01. The van der Waals surface area contributed by atoms with E-state index in [4.69, 9.17) is 0 Å². The number of hydrogen-bond acceptors (Lipinski definition) is 2. The molecule has 2 aromatic rings. The van der Waals surface area contributed by atoms with E-state index in [0.717, 1.165) is 17.7 Å². The van der Waals surface area contributed by atoms with Gasteiger partial charge in [-0.3, -0.25) is 4.79 Å². The van der Waals surface area contributed by atoms with Crippen molar-refractivity contribution >= 4 is 11.6 Å². The molecule has 2 aromatic carbocycles. The van der Waals surface area contributed by atoms with Gasteiger partial charge in [-0.15, -0.1) is 0 Å². The monoisotopic (exact) mass is 286 g/mol. The summed E-state index contributed by atoms with van der Waals surface area (Å²) in [6.45, 7) is 2.48. The van der Waals surface area contributed by atoms with Gasteiger partial charge in [-0.2, -0.15) is 0 Å². The summed E-state index contributed by atoms with van der Waals surface area (Å²) in [6, 6.07) is 15.5. The SMILES string of the molecule is CC(NCCc1ccc(F)cc1)C(=O)Nc1ccccc1. The first-order chi connectivity index (χ1) is 10.1. The van der Waals surface area contributed by atoms with Crippen LogP contribution in [-0.4, -0.2) is 18.5 Å². The Hall–Kier alpha value is -2.20. The second kappa shape index (κ2) is 7.55. The van der Waals surface area contributed by atoms with Crippen molar-refractivity contribution in [3.63, 3.8) is 0 Å².